The Hall–Kier alpha value is -4.47. The van der Waals surface area contributed by atoms with Gasteiger partial charge in [-0.25, -0.2) is 0 Å². The number of hydrazine groups is 1. The highest BCUT2D eigenvalue weighted by Gasteiger charge is 2.10. The third-order valence-electron chi connectivity index (χ3n) is 5.82. The van der Waals surface area contributed by atoms with Crippen LogP contribution in [0.3, 0.4) is 0 Å². The molecule has 0 bridgehead atoms. The van der Waals surface area contributed by atoms with E-state index in [1.165, 1.54) is 18.2 Å². The summed E-state index contributed by atoms with van der Waals surface area (Å²) >= 11 is 0. The van der Waals surface area contributed by atoms with E-state index in [0.29, 0.717) is 17.1 Å². The molecular weight excluding hydrogens is 474 g/mol. The van der Waals surface area contributed by atoms with E-state index in [2.05, 4.69) is 21.1 Å². The molecule has 180 valence electrons. The van der Waals surface area contributed by atoms with Crippen LogP contribution in [0.5, 0.6) is 0 Å². The average Bonchev–Trinajstić information content (AvgIpc) is 2.87. The summed E-state index contributed by atoms with van der Waals surface area (Å²) in [6.45, 7) is 2.02. The largest absolute Gasteiger partial charge is 0.398 e. The third kappa shape index (κ3) is 4.70. The van der Waals surface area contributed by atoms with Crippen LogP contribution in [0, 0.1) is 6.92 Å². The molecule has 0 spiro atoms. The Labute approximate surface area is 208 Å². The lowest BCUT2D eigenvalue weighted by atomic mass is 10.0. The van der Waals surface area contributed by atoms with Crippen molar-refractivity contribution < 1.29 is 13.0 Å². The summed E-state index contributed by atoms with van der Waals surface area (Å²) in [6, 6.07) is 27.1. The molecule has 8 nitrogen and oxygen atoms in total. The molecule has 0 aliphatic carbocycles. The first-order chi connectivity index (χ1) is 17.3. The molecule has 0 saturated heterocycles. The van der Waals surface area contributed by atoms with Crippen LogP contribution < -0.4 is 16.6 Å². The number of nitrogens with two attached hydrogens (primary N) is 1. The number of nitrogen functional groups attached to an aromatic ring is 1. The smallest absolute Gasteiger partial charge is 0.294 e. The number of aryl methyl sites for hydroxylation is 1. The number of azo groups is 1. The van der Waals surface area contributed by atoms with Crippen LogP contribution in [0.2, 0.25) is 0 Å². The van der Waals surface area contributed by atoms with Gasteiger partial charge in [0.15, 0.2) is 0 Å². The molecule has 5 N–H and O–H groups in total. The Morgan fingerprint density at radius 1 is 0.722 bits per heavy atom. The lowest BCUT2D eigenvalue weighted by Gasteiger charge is -2.13. The maximum Gasteiger partial charge on any atom is 0.294 e. The van der Waals surface area contributed by atoms with E-state index in [1.807, 2.05) is 73.7 Å². The number of rotatable bonds is 6. The zero-order chi connectivity index (χ0) is 25.3. The van der Waals surface area contributed by atoms with Crippen molar-refractivity contribution in [3.8, 4) is 0 Å². The molecule has 5 aromatic carbocycles. The van der Waals surface area contributed by atoms with Crippen LogP contribution >= 0.6 is 0 Å². The van der Waals surface area contributed by atoms with Gasteiger partial charge in [0, 0.05) is 27.2 Å². The van der Waals surface area contributed by atoms with E-state index in [9.17, 15) is 13.0 Å². The van der Waals surface area contributed by atoms with Crippen molar-refractivity contribution in [1.29, 1.82) is 0 Å². The second kappa shape index (κ2) is 9.29. The lowest BCUT2D eigenvalue weighted by Crippen LogP contribution is -2.09. The lowest BCUT2D eigenvalue weighted by molar-refractivity contribution is 0.483. The summed E-state index contributed by atoms with van der Waals surface area (Å²) in [6.07, 6.45) is 0. The molecule has 0 heterocycles. The van der Waals surface area contributed by atoms with Gasteiger partial charge < -0.3 is 16.6 Å². The summed E-state index contributed by atoms with van der Waals surface area (Å²) in [4.78, 5) is -0.194. The fraction of sp³-hybridized carbons (Fsp3) is 0.0370. The molecular formula is C27H23N5O3S. The first kappa shape index (κ1) is 23.3. The van der Waals surface area contributed by atoms with Crippen LogP contribution in [-0.4, -0.2) is 13.0 Å². The highest BCUT2D eigenvalue weighted by molar-refractivity contribution is 7.85. The summed E-state index contributed by atoms with van der Waals surface area (Å²) in [5, 5.41) is 12.7. The van der Waals surface area contributed by atoms with Gasteiger partial charge in [0.25, 0.3) is 10.1 Å². The summed E-state index contributed by atoms with van der Waals surface area (Å²) in [7, 11) is -4.29. The van der Waals surface area contributed by atoms with Gasteiger partial charge in [-0.15, -0.1) is 10.2 Å². The molecule has 5 rings (SSSR count). The van der Waals surface area contributed by atoms with Gasteiger partial charge in [-0.2, -0.15) is 8.42 Å². The maximum atomic E-state index is 11.4. The first-order valence-corrected chi connectivity index (χ1v) is 12.6. The summed E-state index contributed by atoms with van der Waals surface area (Å²) in [5.74, 6) is 0. The van der Waals surface area contributed by atoms with E-state index in [0.717, 1.165) is 38.5 Å². The zero-order valence-corrected chi connectivity index (χ0v) is 20.1. The van der Waals surface area contributed by atoms with Gasteiger partial charge >= 0.3 is 0 Å². The zero-order valence-electron chi connectivity index (χ0n) is 19.3. The fourth-order valence-corrected chi connectivity index (χ4v) is 4.54. The first-order valence-electron chi connectivity index (χ1n) is 11.1. The van der Waals surface area contributed by atoms with E-state index in [-0.39, 0.29) is 4.90 Å². The van der Waals surface area contributed by atoms with Crippen LogP contribution in [0.1, 0.15) is 5.56 Å². The Morgan fingerprint density at radius 3 is 2.17 bits per heavy atom. The minimum absolute atomic E-state index is 0.194. The molecule has 0 atom stereocenters. The Bertz CT molecular complexity index is 1750. The second-order valence-electron chi connectivity index (χ2n) is 8.35. The number of nitrogens with one attached hydrogen (secondary N) is 2. The van der Waals surface area contributed by atoms with Crippen LogP contribution in [-0.2, 0) is 10.1 Å². The monoisotopic (exact) mass is 497 g/mol. The van der Waals surface area contributed by atoms with Gasteiger partial charge in [-0.05, 0) is 55.5 Å². The molecule has 0 aliphatic heterocycles. The fourth-order valence-electron chi connectivity index (χ4n) is 4.02. The van der Waals surface area contributed by atoms with Gasteiger partial charge in [-0.1, -0.05) is 48.0 Å². The van der Waals surface area contributed by atoms with Gasteiger partial charge in [-0.3, -0.25) is 4.55 Å². The number of nitrogens with zero attached hydrogens (tertiary/aromatic N) is 2. The van der Waals surface area contributed by atoms with E-state index < -0.39 is 10.1 Å². The molecule has 9 heteroatoms. The van der Waals surface area contributed by atoms with Crippen molar-refractivity contribution in [3.05, 3.63) is 96.6 Å². The van der Waals surface area contributed by atoms with Crippen LogP contribution in [0.4, 0.5) is 28.4 Å². The highest BCUT2D eigenvalue weighted by Crippen LogP contribution is 2.35. The molecule has 36 heavy (non-hydrogen) atoms. The van der Waals surface area contributed by atoms with Crippen molar-refractivity contribution in [2.75, 3.05) is 16.6 Å². The summed E-state index contributed by atoms with van der Waals surface area (Å²) in [5.41, 5.74) is 16.7. The topological polar surface area (TPSA) is 129 Å². The summed E-state index contributed by atoms with van der Waals surface area (Å²) < 4.78 is 32.1. The van der Waals surface area contributed by atoms with Crippen LogP contribution in [0.15, 0.2) is 106 Å². The minimum atomic E-state index is -4.29. The molecule has 0 aromatic heterocycles. The van der Waals surface area contributed by atoms with E-state index in [4.69, 9.17) is 5.73 Å². The van der Waals surface area contributed by atoms with Crippen molar-refractivity contribution in [2.45, 2.75) is 11.8 Å². The molecule has 0 saturated carbocycles. The van der Waals surface area contributed by atoms with Crippen molar-refractivity contribution in [2.24, 2.45) is 10.2 Å². The molecule has 0 fully saturated rings. The standard InChI is InChI=1S/C27H23N5O3S/c1-17-9-10-22-23(15-17)24(28)11-12-25(22)31-32-27-14-13-26(20-7-2-3-8-21(20)27)30-29-18-5-4-6-19(16-18)36(33,34)35/h2-16,29-30H,28H2,1H3,(H,33,34,35). The third-order valence-corrected chi connectivity index (χ3v) is 6.67. The van der Waals surface area contributed by atoms with E-state index in [1.54, 1.807) is 6.07 Å². The average molecular weight is 498 g/mol. The van der Waals surface area contributed by atoms with Gasteiger partial charge in [0.1, 0.15) is 0 Å². The second-order valence-corrected chi connectivity index (χ2v) is 9.78. The molecule has 5 aromatic rings. The number of fused-ring (bicyclic) bond motifs is 2. The molecule has 0 unspecified atom stereocenters. The van der Waals surface area contributed by atoms with Crippen LogP contribution in [0.25, 0.3) is 21.5 Å². The van der Waals surface area contributed by atoms with Crippen molar-refractivity contribution >= 4 is 60.1 Å². The van der Waals surface area contributed by atoms with Crippen molar-refractivity contribution in [3.63, 3.8) is 0 Å². The number of anilines is 3. The molecule has 0 aliphatic rings. The highest BCUT2D eigenvalue weighted by atomic mass is 32.2. The molecule has 0 radical (unpaired) electrons. The number of hydrogen-bond acceptors (Lipinski definition) is 7. The Morgan fingerprint density at radius 2 is 1.42 bits per heavy atom. The Kier molecular flexibility index (Phi) is 6.01. The normalized spacial score (nSPS) is 11.8. The van der Waals surface area contributed by atoms with Gasteiger partial charge in [0.05, 0.1) is 27.6 Å². The minimum Gasteiger partial charge on any atom is -0.398 e. The van der Waals surface area contributed by atoms with Crippen molar-refractivity contribution in [1.82, 2.24) is 0 Å². The predicted octanol–water partition coefficient (Wildman–Crippen LogP) is 6.98. The Balaban J connectivity index is 1.46. The SMILES string of the molecule is Cc1ccc2c(N=Nc3ccc(NNc4cccc(S(=O)(=O)O)c4)c4ccccc34)ccc(N)c2c1. The molecule has 0 amide bonds. The van der Waals surface area contributed by atoms with Gasteiger partial charge in [0.2, 0.25) is 0 Å². The van der Waals surface area contributed by atoms with E-state index >= 15 is 0 Å². The number of benzene rings is 5. The number of hydrogen-bond donors (Lipinski definition) is 4. The quantitative estimate of drug-likeness (QED) is 0.0866. The maximum absolute atomic E-state index is 11.4. The predicted molar refractivity (Wildman–Crippen MR) is 145 cm³/mol.